The molecule has 134 valence electrons. The average Bonchev–Trinajstić information content (AvgIpc) is 3.32. The SMILES string of the molecule is CCC(NC(=O)c1ccc(NC(=O)c2ccco2)s1)c1ccc(Br)cc1. The number of rotatable bonds is 6. The van der Waals surface area contributed by atoms with Crippen molar-refractivity contribution in [3.63, 3.8) is 0 Å². The Morgan fingerprint density at radius 1 is 1.12 bits per heavy atom. The van der Waals surface area contributed by atoms with Gasteiger partial charge in [0.2, 0.25) is 0 Å². The van der Waals surface area contributed by atoms with Gasteiger partial charge in [-0.1, -0.05) is 35.0 Å². The first-order valence-electron chi connectivity index (χ1n) is 8.08. The highest BCUT2D eigenvalue weighted by atomic mass is 79.9. The molecule has 3 rings (SSSR count). The molecule has 1 aromatic carbocycles. The Morgan fingerprint density at radius 3 is 2.54 bits per heavy atom. The van der Waals surface area contributed by atoms with Crippen molar-refractivity contribution in [1.82, 2.24) is 5.32 Å². The maximum absolute atomic E-state index is 12.5. The van der Waals surface area contributed by atoms with E-state index in [-0.39, 0.29) is 23.6 Å². The molecule has 2 aromatic heterocycles. The van der Waals surface area contributed by atoms with E-state index in [1.165, 1.54) is 17.6 Å². The molecule has 0 aliphatic carbocycles. The Bertz CT molecular complexity index is 888. The van der Waals surface area contributed by atoms with Crippen molar-refractivity contribution in [3.05, 3.63) is 75.5 Å². The zero-order valence-electron chi connectivity index (χ0n) is 14.0. The van der Waals surface area contributed by atoms with Crippen LogP contribution in [0.5, 0.6) is 0 Å². The lowest BCUT2D eigenvalue weighted by Gasteiger charge is -2.17. The van der Waals surface area contributed by atoms with Crippen LogP contribution in [0.4, 0.5) is 5.00 Å². The molecule has 0 aliphatic rings. The van der Waals surface area contributed by atoms with Crippen molar-refractivity contribution >= 4 is 44.1 Å². The molecule has 2 amide bonds. The number of hydrogen-bond donors (Lipinski definition) is 2. The molecule has 1 unspecified atom stereocenters. The van der Waals surface area contributed by atoms with E-state index in [2.05, 4.69) is 26.6 Å². The van der Waals surface area contributed by atoms with Crippen LogP contribution in [0, 0.1) is 0 Å². The van der Waals surface area contributed by atoms with Crippen LogP contribution >= 0.6 is 27.3 Å². The summed E-state index contributed by atoms with van der Waals surface area (Å²) in [6.45, 7) is 2.02. The second-order valence-corrected chi connectivity index (χ2v) is 7.58. The lowest BCUT2D eigenvalue weighted by molar-refractivity contribution is 0.0938. The minimum absolute atomic E-state index is 0.0705. The van der Waals surface area contributed by atoms with Gasteiger partial charge in [0.25, 0.3) is 11.8 Å². The molecule has 0 radical (unpaired) electrons. The summed E-state index contributed by atoms with van der Waals surface area (Å²) in [5, 5.41) is 6.35. The first-order chi connectivity index (χ1) is 12.6. The fourth-order valence-corrected chi connectivity index (χ4v) is 3.52. The zero-order chi connectivity index (χ0) is 18.5. The lowest BCUT2D eigenvalue weighted by atomic mass is 10.0. The quantitative estimate of drug-likeness (QED) is 0.559. The highest BCUT2D eigenvalue weighted by molar-refractivity contribution is 9.10. The maximum Gasteiger partial charge on any atom is 0.291 e. The Balaban J connectivity index is 1.65. The van der Waals surface area contributed by atoms with Crippen LogP contribution in [-0.2, 0) is 0 Å². The number of carbonyl (C=O) groups excluding carboxylic acids is 2. The van der Waals surface area contributed by atoms with Gasteiger partial charge in [-0.2, -0.15) is 0 Å². The Labute approximate surface area is 163 Å². The van der Waals surface area contributed by atoms with E-state index in [1.54, 1.807) is 24.3 Å². The number of carbonyl (C=O) groups is 2. The van der Waals surface area contributed by atoms with E-state index < -0.39 is 0 Å². The lowest BCUT2D eigenvalue weighted by Crippen LogP contribution is -2.27. The highest BCUT2D eigenvalue weighted by Crippen LogP contribution is 2.25. The topological polar surface area (TPSA) is 71.3 Å². The van der Waals surface area contributed by atoms with Crippen molar-refractivity contribution in [2.45, 2.75) is 19.4 Å². The monoisotopic (exact) mass is 432 g/mol. The van der Waals surface area contributed by atoms with Gasteiger partial charge in [0.05, 0.1) is 22.2 Å². The third-order valence-electron chi connectivity index (χ3n) is 3.80. The molecule has 0 saturated carbocycles. The predicted octanol–water partition coefficient (Wildman–Crippen LogP) is 5.24. The molecule has 0 aliphatic heterocycles. The maximum atomic E-state index is 12.5. The van der Waals surface area contributed by atoms with Crippen molar-refractivity contribution in [2.24, 2.45) is 0 Å². The number of anilines is 1. The molecular weight excluding hydrogens is 416 g/mol. The zero-order valence-corrected chi connectivity index (χ0v) is 16.4. The largest absolute Gasteiger partial charge is 0.459 e. The minimum Gasteiger partial charge on any atom is -0.459 e. The molecular formula is C19H17BrN2O3S. The van der Waals surface area contributed by atoms with Crippen molar-refractivity contribution < 1.29 is 14.0 Å². The summed E-state index contributed by atoms with van der Waals surface area (Å²) in [4.78, 5) is 25.1. The fraction of sp³-hybridized carbons (Fsp3) is 0.158. The summed E-state index contributed by atoms with van der Waals surface area (Å²) in [6.07, 6.45) is 2.22. The average molecular weight is 433 g/mol. The normalized spacial score (nSPS) is 11.8. The van der Waals surface area contributed by atoms with Crippen molar-refractivity contribution in [3.8, 4) is 0 Å². The summed E-state index contributed by atoms with van der Waals surface area (Å²) in [6, 6.07) is 14.5. The minimum atomic E-state index is -0.342. The van der Waals surface area contributed by atoms with Crippen LogP contribution in [0.25, 0.3) is 0 Å². The Hall–Kier alpha value is -2.38. The van der Waals surface area contributed by atoms with Gasteiger partial charge in [-0.3, -0.25) is 9.59 Å². The molecule has 26 heavy (non-hydrogen) atoms. The molecule has 0 bridgehead atoms. The first-order valence-corrected chi connectivity index (χ1v) is 9.68. The third-order valence-corrected chi connectivity index (χ3v) is 5.33. The standard InChI is InChI=1S/C19H17BrN2O3S/c1-2-14(12-5-7-13(20)8-6-12)21-19(24)16-9-10-17(26-16)22-18(23)15-4-3-11-25-15/h3-11,14H,2H2,1H3,(H,21,24)(H,22,23). The van der Waals surface area contributed by atoms with Gasteiger partial charge in [0, 0.05) is 4.47 Å². The number of furan rings is 1. The molecule has 7 heteroatoms. The van der Waals surface area contributed by atoms with Gasteiger partial charge in [0.1, 0.15) is 0 Å². The van der Waals surface area contributed by atoms with Gasteiger partial charge >= 0.3 is 0 Å². The molecule has 2 N–H and O–H groups in total. The second kappa shape index (κ2) is 8.33. The predicted molar refractivity (Wildman–Crippen MR) is 106 cm³/mol. The van der Waals surface area contributed by atoms with Crippen molar-refractivity contribution in [2.75, 3.05) is 5.32 Å². The molecule has 5 nitrogen and oxygen atoms in total. The molecule has 1 atom stereocenters. The smallest absolute Gasteiger partial charge is 0.291 e. The Morgan fingerprint density at radius 2 is 1.88 bits per heavy atom. The van der Waals surface area contributed by atoms with Crippen LogP contribution in [0.3, 0.4) is 0 Å². The van der Waals surface area contributed by atoms with E-state index in [0.29, 0.717) is 9.88 Å². The fourth-order valence-electron chi connectivity index (χ4n) is 2.45. The van der Waals surface area contributed by atoms with Gasteiger partial charge < -0.3 is 15.1 Å². The van der Waals surface area contributed by atoms with Crippen LogP contribution in [0.1, 0.15) is 45.2 Å². The number of hydrogen-bond acceptors (Lipinski definition) is 4. The highest BCUT2D eigenvalue weighted by Gasteiger charge is 2.17. The third kappa shape index (κ3) is 4.42. The number of amides is 2. The second-order valence-electron chi connectivity index (χ2n) is 5.58. The molecule has 0 spiro atoms. The number of thiophene rings is 1. The molecule has 2 heterocycles. The summed E-state index contributed by atoms with van der Waals surface area (Å²) in [5.41, 5.74) is 1.05. The molecule has 3 aromatic rings. The number of benzene rings is 1. The van der Waals surface area contributed by atoms with E-state index in [0.717, 1.165) is 16.5 Å². The summed E-state index contributed by atoms with van der Waals surface area (Å²) < 4.78 is 6.05. The van der Waals surface area contributed by atoms with E-state index in [4.69, 9.17) is 4.42 Å². The van der Waals surface area contributed by atoms with E-state index in [1.807, 2.05) is 31.2 Å². The molecule has 0 fully saturated rings. The van der Waals surface area contributed by atoms with Gasteiger partial charge in [0.15, 0.2) is 5.76 Å². The van der Waals surface area contributed by atoms with Gasteiger partial charge in [-0.25, -0.2) is 0 Å². The molecule has 0 saturated heterocycles. The summed E-state index contributed by atoms with van der Waals surface area (Å²) >= 11 is 4.64. The summed E-state index contributed by atoms with van der Waals surface area (Å²) in [7, 11) is 0. The number of nitrogens with one attached hydrogen (secondary N) is 2. The Kier molecular flexibility index (Phi) is 5.90. The first kappa shape index (κ1) is 18.4. The summed E-state index contributed by atoms with van der Waals surface area (Å²) in [5.74, 6) is -0.279. The van der Waals surface area contributed by atoms with Crippen LogP contribution in [0.2, 0.25) is 0 Å². The van der Waals surface area contributed by atoms with Crippen LogP contribution < -0.4 is 10.6 Å². The van der Waals surface area contributed by atoms with E-state index >= 15 is 0 Å². The van der Waals surface area contributed by atoms with E-state index in [9.17, 15) is 9.59 Å². The van der Waals surface area contributed by atoms with Crippen LogP contribution in [0.15, 0.2) is 63.7 Å². The van der Waals surface area contributed by atoms with Gasteiger partial charge in [-0.15, -0.1) is 11.3 Å². The van der Waals surface area contributed by atoms with Crippen LogP contribution in [-0.4, -0.2) is 11.8 Å². The van der Waals surface area contributed by atoms with Gasteiger partial charge in [-0.05, 0) is 48.4 Å². The number of halogens is 1. The van der Waals surface area contributed by atoms with Crippen molar-refractivity contribution in [1.29, 1.82) is 0 Å².